The molecule has 0 radical (unpaired) electrons. The molecule has 7 atom stereocenters. The van der Waals surface area contributed by atoms with Gasteiger partial charge in [-0.3, -0.25) is 9.69 Å². The van der Waals surface area contributed by atoms with E-state index >= 15 is 0 Å². The van der Waals surface area contributed by atoms with Crippen molar-refractivity contribution in [2.75, 3.05) is 45.6 Å². The first kappa shape index (κ1) is 26.6. The van der Waals surface area contributed by atoms with Gasteiger partial charge in [-0.15, -0.1) is 0 Å². The van der Waals surface area contributed by atoms with Crippen LogP contribution in [0.2, 0.25) is 0 Å². The van der Waals surface area contributed by atoms with Crippen LogP contribution in [0.5, 0.6) is 0 Å². The van der Waals surface area contributed by atoms with Gasteiger partial charge in [0, 0.05) is 38.7 Å². The van der Waals surface area contributed by atoms with E-state index in [9.17, 15) is 18.3 Å². The molecule has 4 fully saturated rings. The molecule has 1 heterocycles. The summed E-state index contributed by atoms with van der Waals surface area (Å²) in [5.41, 5.74) is 0.131. The summed E-state index contributed by atoms with van der Waals surface area (Å²) in [7, 11) is -3.14. The molecule has 6 nitrogen and oxygen atoms in total. The molecule has 0 spiro atoms. The Kier molecular flexibility index (Phi) is 8.48. The molecule has 7 heteroatoms. The van der Waals surface area contributed by atoms with Crippen molar-refractivity contribution in [1.82, 2.24) is 9.21 Å². The van der Waals surface area contributed by atoms with E-state index in [1.165, 1.54) is 61.9 Å². The maximum absolute atomic E-state index is 13.6. The third-order valence-electron chi connectivity index (χ3n) is 10.4. The largest absolute Gasteiger partial charge is 0.396 e. The molecular formula is C27H48N2O4S. The third kappa shape index (κ3) is 5.28. The van der Waals surface area contributed by atoms with Crippen LogP contribution in [0.15, 0.2) is 0 Å². The van der Waals surface area contributed by atoms with Crippen molar-refractivity contribution in [1.29, 1.82) is 0 Å². The quantitative estimate of drug-likeness (QED) is 0.525. The van der Waals surface area contributed by atoms with Gasteiger partial charge < -0.3 is 5.11 Å². The number of aliphatic hydroxyl groups is 1. The molecule has 4 aliphatic rings. The molecule has 3 saturated carbocycles. The highest BCUT2D eigenvalue weighted by Crippen LogP contribution is 2.63. The van der Waals surface area contributed by atoms with Crippen LogP contribution < -0.4 is 0 Å². The minimum Gasteiger partial charge on any atom is -0.396 e. The SMILES string of the molecule is CCC[C@H]1CC[C@@H]2C(CC[C@@]3(C)C2CC[C@@H]3C(=O)CN2CCN(S(C)(=O)=O)CC2)[C@H]1CCCO. The Balaban J connectivity index is 1.40. The van der Waals surface area contributed by atoms with E-state index in [4.69, 9.17) is 0 Å². The van der Waals surface area contributed by atoms with E-state index in [0.29, 0.717) is 51.0 Å². The van der Waals surface area contributed by atoms with Gasteiger partial charge in [0.25, 0.3) is 0 Å². The number of ketones is 1. The van der Waals surface area contributed by atoms with Gasteiger partial charge in [0.1, 0.15) is 5.78 Å². The van der Waals surface area contributed by atoms with Crippen molar-refractivity contribution in [3.05, 3.63) is 0 Å². The van der Waals surface area contributed by atoms with Gasteiger partial charge >= 0.3 is 0 Å². The number of Topliss-reactive ketones (excluding diaryl/α,β-unsaturated/α-hetero) is 1. The number of carbonyl (C=O) groups excluding carboxylic acids is 1. The highest BCUT2D eigenvalue weighted by molar-refractivity contribution is 7.88. The number of hydrogen-bond donors (Lipinski definition) is 1. The molecule has 0 bridgehead atoms. The normalized spacial score (nSPS) is 39.5. The molecule has 0 aromatic carbocycles. The summed E-state index contributed by atoms with van der Waals surface area (Å²) in [6.45, 7) is 7.82. The minimum atomic E-state index is -3.14. The summed E-state index contributed by atoms with van der Waals surface area (Å²) in [6.07, 6.45) is 13.3. The van der Waals surface area contributed by atoms with Crippen molar-refractivity contribution in [3.63, 3.8) is 0 Å². The summed E-state index contributed by atoms with van der Waals surface area (Å²) in [4.78, 5) is 15.7. The molecule has 0 amide bonds. The third-order valence-corrected chi connectivity index (χ3v) is 11.7. The number of piperazine rings is 1. The van der Waals surface area contributed by atoms with Crippen molar-refractivity contribution in [2.24, 2.45) is 40.9 Å². The highest BCUT2D eigenvalue weighted by atomic mass is 32.2. The van der Waals surface area contributed by atoms with Crippen molar-refractivity contribution in [2.45, 2.75) is 78.1 Å². The number of aliphatic hydroxyl groups excluding tert-OH is 1. The fraction of sp³-hybridized carbons (Fsp3) is 0.963. The number of hydrogen-bond acceptors (Lipinski definition) is 5. The average Bonchev–Trinajstić information content (AvgIpc) is 3.15. The fourth-order valence-electron chi connectivity index (χ4n) is 8.82. The van der Waals surface area contributed by atoms with Crippen LogP contribution >= 0.6 is 0 Å². The van der Waals surface area contributed by atoms with E-state index in [1.807, 2.05) is 0 Å². The first-order valence-corrected chi connectivity index (χ1v) is 15.8. The Morgan fingerprint density at radius 1 is 1.00 bits per heavy atom. The average molecular weight is 497 g/mol. The van der Waals surface area contributed by atoms with Crippen molar-refractivity contribution >= 4 is 15.8 Å². The Morgan fingerprint density at radius 3 is 2.38 bits per heavy atom. The van der Waals surface area contributed by atoms with Gasteiger partial charge in [-0.2, -0.15) is 4.31 Å². The summed E-state index contributed by atoms with van der Waals surface area (Å²) in [6, 6.07) is 0. The fourth-order valence-corrected chi connectivity index (χ4v) is 9.65. The van der Waals surface area contributed by atoms with E-state index in [0.717, 1.165) is 36.5 Å². The highest BCUT2D eigenvalue weighted by Gasteiger charge is 2.57. The molecular weight excluding hydrogens is 448 g/mol. The molecule has 4 rings (SSSR count). The molecule has 34 heavy (non-hydrogen) atoms. The number of carbonyl (C=O) groups is 1. The minimum absolute atomic E-state index is 0.131. The van der Waals surface area contributed by atoms with Crippen LogP contribution in [-0.2, 0) is 14.8 Å². The molecule has 2 unspecified atom stereocenters. The standard InChI is InChI=1S/C27H48N2O4S/c1-4-6-20-8-9-23-22(21(20)7-5-18-30)12-13-27(2)24(23)10-11-25(27)26(31)19-28-14-16-29(17-15-28)34(3,32)33/h20-25,30H,4-19H2,1-3H3/t20-,21-,22?,23+,24?,25+,27-/m0/s1. The zero-order valence-corrected chi connectivity index (χ0v) is 22.6. The van der Waals surface area contributed by atoms with Gasteiger partial charge in [-0.25, -0.2) is 8.42 Å². The summed E-state index contributed by atoms with van der Waals surface area (Å²) in [5.74, 6) is 4.35. The van der Waals surface area contributed by atoms with Crippen LogP contribution in [0.25, 0.3) is 0 Å². The predicted molar refractivity (Wildman–Crippen MR) is 136 cm³/mol. The van der Waals surface area contributed by atoms with E-state index in [1.54, 1.807) is 0 Å². The smallest absolute Gasteiger partial charge is 0.211 e. The summed E-state index contributed by atoms with van der Waals surface area (Å²) >= 11 is 0. The van der Waals surface area contributed by atoms with Crippen molar-refractivity contribution in [3.8, 4) is 0 Å². The molecule has 196 valence electrons. The van der Waals surface area contributed by atoms with Gasteiger partial charge in [-0.05, 0) is 86.4 Å². The Bertz CT molecular complexity index is 809. The molecule has 1 saturated heterocycles. The van der Waals surface area contributed by atoms with Crippen LogP contribution in [0.4, 0.5) is 0 Å². The van der Waals surface area contributed by atoms with Crippen LogP contribution in [0.1, 0.15) is 78.1 Å². The van der Waals surface area contributed by atoms with E-state index in [-0.39, 0.29) is 11.3 Å². The van der Waals surface area contributed by atoms with E-state index < -0.39 is 10.0 Å². The Labute approximate surface area is 207 Å². The second-order valence-electron chi connectivity index (χ2n) is 12.2. The second kappa shape index (κ2) is 10.9. The van der Waals surface area contributed by atoms with Crippen LogP contribution in [0.3, 0.4) is 0 Å². The van der Waals surface area contributed by atoms with Crippen LogP contribution in [-0.4, -0.2) is 74.1 Å². The number of fused-ring (bicyclic) bond motifs is 3. The lowest BCUT2D eigenvalue weighted by molar-refractivity contribution is -0.131. The van der Waals surface area contributed by atoms with E-state index in [2.05, 4.69) is 18.7 Å². The topological polar surface area (TPSA) is 77.9 Å². The first-order valence-electron chi connectivity index (χ1n) is 14.0. The first-order chi connectivity index (χ1) is 16.2. The second-order valence-corrected chi connectivity index (χ2v) is 14.2. The molecule has 3 aliphatic carbocycles. The van der Waals surface area contributed by atoms with Gasteiger partial charge in [0.2, 0.25) is 10.0 Å². The Hall–Kier alpha value is -0.500. The molecule has 0 aromatic rings. The molecule has 1 aliphatic heterocycles. The zero-order valence-electron chi connectivity index (χ0n) is 21.8. The van der Waals surface area contributed by atoms with Crippen molar-refractivity contribution < 1.29 is 18.3 Å². The zero-order chi connectivity index (χ0) is 24.5. The lowest BCUT2D eigenvalue weighted by atomic mass is 9.50. The summed E-state index contributed by atoms with van der Waals surface area (Å²) < 4.78 is 25.1. The predicted octanol–water partition coefficient (Wildman–Crippen LogP) is 3.79. The van der Waals surface area contributed by atoms with Crippen LogP contribution in [0, 0.1) is 40.9 Å². The van der Waals surface area contributed by atoms with Gasteiger partial charge in [0.15, 0.2) is 0 Å². The van der Waals surface area contributed by atoms with Gasteiger partial charge in [0.05, 0.1) is 12.8 Å². The van der Waals surface area contributed by atoms with Gasteiger partial charge in [-0.1, -0.05) is 26.7 Å². The monoisotopic (exact) mass is 496 g/mol. The molecule has 1 N–H and O–H groups in total. The summed E-state index contributed by atoms with van der Waals surface area (Å²) in [5, 5.41) is 9.51. The number of sulfonamides is 1. The maximum Gasteiger partial charge on any atom is 0.211 e. The lowest BCUT2D eigenvalue weighted by Gasteiger charge is -2.55. The molecule has 0 aromatic heterocycles. The number of nitrogens with zero attached hydrogens (tertiary/aromatic N) is 2. The maximum atomic E-state index is 13.6. The number of rotatable bonds is 9. The lowest BCUT2D eigenvalue weighted by Crippen LogP contribution is -2.52. The Morgan fingerprint density at radius 2 is 1.74 bits per heavy atom.